The number of benzene rings is 2. The van der Waals surface area contributed by atoms with Crippen LogP contribution in [-0.2, 0) is 4.79 Å². The summed E-state index contributed by atoms with van der Waals surface area (Å²) in [6.07, 6.45) is 1.69. The Morgan fingerprint density at radius 1 is 1.19 bits per heavy atom. The summed E-state index contributed by atoms with van der Waals surface area (Å²) in [5, 5.41) is 12.2. The van der Waals surface area contributed by atoms with E-state index in [1.807, 2.05) is 63.2 Å². The normalized spacial score (nSPS) is 12.1. The average Bonchev–Trinajstić information content (AvgIpc) is 2.88. The molecule has 1 aromatic heterocycles. The van der Waals surface area contributed by atoms with Crippen molar-refractivity contribution in [2.45, 2.75) is 26.8 Å². The first-order chi connectivity index (χ1) is 17.2. The number of nitrogens with two attached hydrogens (primary N) is 1. The number of aliphatic hydroxyl groups is 1. The zero-order valence-corrected chi connectivity index (χ0v) is 21.3. The molecule has 1 atom stereocenters. The molecule has 0 bridgehead atoms. The molecule has 0 saturated carbocycles. The van der Waals surface area contributed by atoms with E-state index in [-0.39, 0.29) is 24.4 Å². The largest absolute Gasteiger partial charge is 0.491 e. The van der Waals surface area contributed by atoms with Crippen molar-refractivity contribution in [3.8, 4) is 17.2 Å². The number of aliphatic imine (C=N–C) groups is 1. The molecule has 0 aliphatic rings. The summed E-state index contributed by atoms with van der Waals surface area (Å²) < 4.78 is 12.0. The number of pyridine rings is 1. The first-order valence-corrected chi connectivity index (χ1v) is 11.6. The summed E-state index contributed by atoms with van der Waals surface area (Å²) in [6.45, 7) is 5.37. The molecular weight excluding hydrogens is 458 g/mol. The van der Waals surface area contributed by atoms with Crippen LogP contribution in [0.5, 0.6) is 17.2 Å². The molecule has 0 unspecified atom stereocenters. The summed E-state index contributed by atoms with van der Waals surface area (Å²) in [6, 6.07) is 14.6. The Kier molecular flexibility index (Phi) is 8.86. The fourth-order valence-corrected chi connectivity index (χ4v) is 3.46. The third kappa shape index (κ3) is 6.51. The number of amidine groups is 1. The van der Waals surface area contributed by atoms with Gasteiger partial charge in [0.15, 0.2) is 0 Å². The molecule has 9 heteroatoms. The molecule has 190 valence electrons. The van der Waals surface area contributed by atoms with Gasteiger partial charge in [-0.2, -0.15) is 0 Å². The Morgan fingerprint density at radius 2 is 1.97 bits per heavy atom. The topological polar surface area (TPSA) is 122 Å². The van der Waals surface area contributed by atoms with Crippen molar-refractivity contribution >= 4 is 23.1 Å². The molecule has 0 radical (unpaired) electrons. The van der Waals surface area contributed by atoms with Gasteiger partial charge in [0, 0.05) is 25.5 Å². The Bertz CT molecular complexity index is 1230. The molecule has 1 amide bonds. The smallest absolute Gasteiger partial charge is 0.248 e. The zero-order chi connectivity index (χ0) is 26.2. The van der Waals surface area contributed by atoms with Crippen molar-refractivity contribution in [2.75, 3.05) is 32.6 Å². The van der Waals surface area contributed by atoms with Crippen LogP contribution < -0.4 is 20.5 Å². The number of anilines is 1. The van der Waals surface area contributed by atoms with E-state index >= 15 is 0 Å². The zero-order valence-electron chi connectivity index (χ0n) is 21.3. The molecule has 0 aliphatic heterocycles. The molecule has 3 aromatic rings. The number of nitrogens with one attached hydrogen (secondary N) is 1. The number of ether oxygens (including phenoxy) is 2. The highest BCUT2D eigenvalue weighted by Gasteiger charge is 2.18. The fraction of sp³-hybridized carbons (Fsp3) is 0.296. The van der Waals surface area contributed by atoms with E-state index in [0.717, 1.165) is 16.9 Å². The number of aryl methyl sites for hydroxylation is 2. The molecule has 0 fully saturated rings. The number of likely N-dealkylation sites (N-methyl/N-ethyl adjacent to an activating group) is 1. The highest BCUT2D eigenvalue weighted by Crippen LogP contribution is 2.31. The summed E-state index contributed by atoms with van der Waals surface area (Å²) in [7, 11) is 3.42. The SMILES string of the molecule is CNc1cccc(OC[C@@H](C)N(C)C(=O)CO)c1C(N)=Nc1ccc(Oc2ccc(C)nc2)c(C)c1. The second kappa shape index (κ2) is 12.0. The lowest BCUT2D eigenvalue weighted by Crippen LogP contribution is -2.40. The van der Waals surface area contributed by atoms with Gasteiger partial charge in [0.05, 0.1) is 23.5 Å². The molecule has 0 saturated heterocycles. The first-order valence-electron chi connectivity index (χ1n) is 11.6. The summed E-state index contributed by atoms with van der Waals surface area (Å²) in [4.78, 5) is 22.1. The molecule has 1 heterocycles. The number of rotatable bonds is 10. The lowest BCUT2D eigenvalue weighted by Gasteiger charge is -2.25. The number of hydrogen-bond donors (Lipinski definition) is 3. The molecule has 4 N–H and O–H groups in total. The minimum absolute atomic E-state index is 0.217. The maximum atomic E-state index is 11.8. The third-order valence-corrected chi connectivity index (χ3v) is 5.74. The minimum atomic E-state index is -0.550. The first kappa shape index (κ1) is 26.5. The van der Waals surface area contributed by atoms with Crippen LogP contribution in [0, 0.1) is 13.8 Å². The summed E-state index contributed by atoms with van der Waals surface area (Å²) >= 11 is 0. The number of amides is 1. The van der Waals surface area contributed by atoms with E-state index in [2.05, 4.69) is 15.3 Å². The van der Waals surface area contributed by atoms with E-state index in [4.69, 9.17) is 20.3 Å². The van der Waals surface area contributed by atoms with Crippen LogP contribution in [0.4, 0.5) is 11.4 Å². The van der Waals surface area contributed by atoms with Gasteiger partial charge in [-0.25, -0.2) is 4.99 Å². The van der Waals surface area contributed by atoms with Gasteiger partial charge < -0.3 is 30.5 Å². The molecule has 0 aliphatic carbocycles. The van der Waals surface area contributed by atoms with Crippen LogP contribution in [0.2, 0.25) is 0 Å². The van der Waals surface area contributed by atoms with Gasteiger partial charge in [-0.1, -0.05) is 6.07 Å². The van der Waals surface area contributed by atoms with Gasteiger partial charge >= 0.3 is 0 Å². The van der Waals surface area contributed by atoms with Crippen LogP contribution in [0.25, 0.3) is 0 Å². The van der Waals surface area contributed by atoms with Crippen LogP contribution in [-0.4, -0.2) is 60.1 Å². The number of aromatic nitrogens is 1. The Labute approximate surface area is 211 Å². The summed E-state index contributed by atoms with van der Waals surface area (Å²) in [5.74, 6) is 1.79. The fourth-order valence-electron chi connectivity index (χ4n) is 3.46. The summed E-state index contributed by atoms with van der Waals surface area (Å²) in [5.41, 5.74) is 10.3. The van der Waals surface area contributed by atoms with Crippen LogP contribution in [0.3, 0.4) is 0 Å². The van der Waals surface area contributed by atoms with Crippen molar-refractivity contribution < 1.29 is 19.4 Å². The van der Waals surface area contributed by atoms with Crippen LogP contribution >= 0.6 is 0 Å². The second-order valence-corrected chi connectivity index (χ2v) is 8.44. The number of aliphatic hydroxyl groups excluding tert-OH is 1. The lowest BCUT2D eigenvalue weighted by molar-refractivity contribution is -0.135. The minimum Gasteiger partial charge on any atom is -0.491 e. The van der Waals surface area contributed by atoms with E-state index in [1.54, 1.807) is 26.4 Å². The van der Waals surface area contributed by atoms with Gasteiger partial charge in [-0.05, 0) is 68.8 Å². The number of carbonyl (C=O) groups excluding carboxylic acids is 1. The number of nitrogens with zero attached hydrogens (tertiary/aromatic N) is 3. The highest BCUT2D eigenvalue weighted by molar-refractivity contribution is 6.06. The van der Waals surface area contributed by atoms with E-state index in [0.29, 0.717) is 28.5 Å². The number of carbonyl (C=O) groups is 1. The maximum absolute atomic E-state index is 11.8. The van der Waals surface area contributed by atoms with Crippen molar-refractivity contribution in [2.24, 2.45) is 10.7 Å². The van der Waals surface area contributed by atoms with Gasteiger partial charge in [0.25, 0.3) is 0 Å². The third-order valence-electron chi connectivity index (χ3n) is 5.74. The van der Waals surface area contributed by atoms with Crippen molar-refractivity contribution in [3.05, 3.63) is 71.5 Å². The quantitative estimate of drug-likeness (QED) is 0.291. The molecule has 36 heavy (non-hydrogen) atoms. The molecule has 0 spiro atoms. The molecular formula is C27H33N5O4. The highest BCUT2D eigenvalue weighted by atomic mass is 16.5. The van der Waals surface area contributed by atoms with Crippen molar-refractivity contribution in [1.82, 2.24) is 9.88 Å². The number of hydrogen-bond acceptors (Lipinski definition) is 7. The standard InChI is InChI=1S/C27H33N5O4/c1-17-13-20(10-12-23(17)36-21-11-9-18(2)30-14-21)31-27(28)26-22(29-4)7-6-8-24(26)35-16-19(3)32(5)25(34)15-33/h6-14,19,29,33H,15-16H2,1-5H3,(H2,28,31)/t19-/m1/s1. The molecule has 9 nitrogen and oxygen atoms in total. The van der Waals surface area contributed by atoms with Crippen LogP contribution in [0.15, 0.2) is 59.7 Å². The van der Waals surface area contributed by atoms with E-state index < -0.39 is 6.61 Å². The average molecular weight is 492 g/mol. The Hall–Kier alpha value is -4.11. The van der Waals surface area contributed by atoms with Gasteiger partial charge in [-0.3, -0.25) is 9.78 Å². The predicted molar refractivity (Wildman–Crippen MR) is 141 cm³/mol. The predicted octanol–water partition coefficient (Wildman–Crippen LogP) is 3.79. The van der Waals surface area contributed by atoms with Crippen LogP contribution in [0.1, 0.15) is 23.7 Å². The van der Waals surface area contributed by atoms with E-state index in [1.165, 1.54) is 4.90 Å². The second-order valence-electron chi connectivity index (χ2n) is 8.44. The van der Waals surface area contributed by atoms with Crippen molar-refractivity contribution in [3.63, 3.8) is 0 Å². The van der Waals surface area contributed by atoms with E-state index in [9.17, 15) is 4.79 Å². The van der Waals surface area contributed by atoms with Gasteiger partial charge in [0.1, 0.15) is 36.3 Å². The van der Waals surface area contributed by atoms with Gasteiger partial charge in [0.2, 0.25) is 5.91 Å². The van der Waals surface area contributed by atoms with Gasteiger partial charge in [-0.15, -0.1) is 0 Å². The Balaban J connectivity index is 1.83. The maximum Gasteiger partial charge on any atom is 0.248 e. The lowest BCUT2D eigenvalue weighted by atomic mass is 10.1. The van der Waals surface area contributed by atoms with Crippen molar-refractivity contribution in [1.29, 1.82) is 0 Å². The Morgan fingerprint density at radius 3 is 2.61 bits per heavy atom. The molecule has 2 aromatic carbocycles. The monoisotopic (exact) mass is 491 g/mol. The molecule has 3 rings (SSSR count).